The van der Waals surface area contributed by atoms with Crippen LogP contribution in [0.4, 0.5) is 5.69 Å². The summed E-state index contributed by atoms with van der Waals surface area (Å²) in [5, 5.41) is 12.3. The van der Waals surface area contributed by atoms with Crippen LogP contribution in [0, 0.1) is 10.1 Å². The zero-order valence-electron chi connectivity index (χ0n) is 17.7. The van der Waals surface area contributed by atoms with E-state index in [1.807, 2.05) is 53.9 Å². The molecule has 0 saturated carbocycles. The van der Waals surface area contributed by atoms with Gasteiger partial charge in [-0.3, -0.25) is 10.1 Å². The first-order chi connectivity index (χ1) is 15.3. The van der Waals surface area contributed by atoms with Crippen LogP contribution in [-0.2, 0) is 17.1 Å². The summed E-state index contributed by atoms with van der Waals surface area (Å²) in [4.78, 5) is 17.9. The van der Waals surface area contributed by atoms with Crippen molar-refractivity contribution < 1.29 is 13.3 Å². The summed E-state index contributed by atoms with van der Waals surface area (Å²) in [6.07, 6.45) is 1.72. The van der Waals surface area contributed by atoms with Crippen LogP contribution >= 0.6 is 11.8 Å². The molecular formula is C21H23N5O4S2. The van der Waals surface area contributed by atoms with Crippen molar-refractivity contribution in [3.63, 3.8) is 0 Å². The Labute approximate surface area is 190 Å². The topological polar surface area (TPSA) is 102 Å². The quantitative estimate of drug-likeness (QED) is 0.400. The molecule has 1 fully saturated rings. The smallest absolute Gasteiger partial charge is 0.284 e. The van der Waals surface area contributed by atoms with Crippen LogP contribution in [0.5, 0.6) is 0 Å². The van der Waals surface area contributed by atoms with E-state index >= 15 is 0 Å². The van der Waals surface area contributed by atoms with Gasteiger partial charge in [-0.15, -0.1) is 0 Å². The van der Waals surface area contributed by atoms with Gasteiger partial charge in [0.05, 0.1) is 26.6 Å². The third kappa shape index (κ3) is 4.42. The van der Waals surface area contributed by atoms with Crippen LogP contribution in [0.15, 0.2) is 69.7 Å². The number of hydrogen-bond donors (Lipinski definition) is 0. The molecular weight excluding hydrogens is 450 g/mol. The Kier molecular flexibility index (Phi) is 6.33. The number of nitro benzene ring substituents is 1. The lowest BCUT2D eigenvalue weighted by molar-refractivity contribution is -0.388. The van der Waals surface area contributed by atoms with Crippen LogP contribution in [0.25, 0.3) is 11.3 Å². The van der Waals surface area contributed by atoms with Crippen molar-refractivity contribution in [3.8, 4) is 11.3 Å². The van der Waals surface area contributed by atoms with Gasteiger partial charge < -0.3 is 9.47 Å². The van der Waals surface area contributed by atoms with Crippen molar-refractivity contribution in [2.75, 3.05) is 33.2 Å². The summed E-state index contributed by atoms with van der Waals surface area (Å²) in [5.74, 6) is 0. The van der Waals surface area contributed by atoms with Gasteiger partial charge in [0, 0.05) is 39.3 Å². The second kappa shape index (κ2) is 9.02. The number of piperazine rings is 1. The molecule has 168 valence electrons. The maximum Gasteiger partial charge on any atom is 0.284 e. The number of imidazole rings is 1. The van der Waals surface area contributed by atoms with E-state index in [9.17, 15) is 18.5 Å². The molecule has 1 aliphatic heterocycles. The average Bonchev–Trinajstić information content (AvgIpc) is 3.14. The van der Waals surface area contributed by atoms with E-state index in [0.29, 0.717) is 36.2 Å². The van der Waals surface area contributed by atoms with Gasteiger partial charge in [-0.1, -0.05) is 30.3 Å². The standard InChI is InChI=1S/C21H23N5O4S2/c1-23-10-12-25(13-11-23)32(29,30)17-8-9-20(18(14-17)26(27)28)31-21-22-15-19(24(21)2)16-6-4-3-5-7-16/h3-9,14-15H,10-13H2,1-2H3. The fraction of sp³-hybridized carbons (Fsp3) is 0.286. The minimum absolute atomic E-state index is 0.0667. The van der Waals surface area contributed by atoms with E-state index in [1.165, 1.54) is 16.4 Å². The highest BCUT2D eigenvalue weighted by Gasteiger charge is 2.30. The minimum Gasteiger partial charge on any atom is -0.322 e. The molecule has 1 aliphatic rings. The Morgan fingerprint density at radius 1 is 1.03 bits per heavy atom. The highest BCUT2D eigenvalue weighted by Crippen LogP contribution is 2.37. The van der Waals surface area contributed by atoms with E-state index in [2.05, 4.69) is 4.98 Å². The van der Waals surface area contributed by atoms with E-state index < -0.39 is 14.9 Å². The molecule has 1 aromatic heterocycles. The van der Waals surface area contributed by atoms with Gasteiger partial charge >= 0.3 is 0 Å². The number of sulfonamides is 1. The number of aromatic nitrogens is 2. The van der Waals surface area contributed by atoms with E-state index in [0.717, 1.165) is 29.1 Å². The first kappa shape index (κ1) is 22.5. The predicted molar refractivity (Wildman–Crippen MR) is 122 cm³/mol. The molecule has 0 spiro atoms. The predicted octanol–water partition coefficient (Wildman–Crippen LogP) is 3.08. The molecule has 0 radical (unpaired) electrons. The van der Waals surface area contributed by atoms with Crippen molar-refractivity contribution >= 4 is 27.5 Å². The lowest BCUT2D eigenvalue weighted by Crippen LogP contribution is -2.47. The Morgan fingerprint density at radius 3 is 2.38 bits per heavy atom. The molecule has 0 unspecified atom stereocenters. The van der Waals surface area contributed by atoms with Gasteiger partial charge in [-0.2, -0.15) is 4.31 Å². The fourth-order valence-electron chi connectivity index (χ4n) is 3.53. The van der Waals surface area contributed by atoms with Crippen molar-refractivity contribution in [1.29, 1.82) is 0 Å². The largest absolute Gasteiger partial charge is 0.322 e. The van der Waals surface area contributed by atoms with E-state index in [4.69, 9.17) is 0 Å². The molecule has 2 aromatic carbocycles. The minimum atomic E-state index is -3.80. The molecule has 32 heavy (non-hydrogen) atoms. The Bertz CT molecular complexity index is 1240. The van der Waals surface area contributed by atoms with Crippen molar-refractivity contribution in [3.05, 3.63) is 64.8 Å². The third-order valence-electron chi connectivity index (χ3n) is 5.44. The first-order valence-electron chi connectivity index (χ1n) is 9.99. The van der Waals surface area contributed by atoms with Crippen LogP contribution in [0.3, 0.4) is 0 Å². The molecule has 3 aromatic rings. The van der Waals surface area contributed by atoms with Crippen LogP contribution in [0.1, 0.15) is 0 Å². The maximum atomic E-state index is 13.0. The molecule has 9 nitrogen and oxygen atoms in total. The van der Waals surface area contributed by atoms with Crippen LogP contribution in [0.2, 0.25) is 0 Å². The summed E-state index contributed by atoms with van der Waals surface area (Å²) in [6.45, 7) is 1.97. The van der Waals surface area contributed by atoms with Crippen molar-refractivity contribution in [2.24, 2.45) is 7.05 Å². The van der Waals surface area contributed by atoms with Gasteiger partial charge in [0.25, 0.3) is 5.69 Å². The first-order valence-corrected chi connectivity index (χ1v) is 12.2. The summed E-state index contributed by atoms with van der Waals surface area (Å²) in [6, 6.07) is 13.8. The summed E-state index contributed by atoms with van der Waals surface area (Å²) < 4.78 is 29.3. The third-order valence-corrected chi connectivity index (χ3v) is 8.47. The Hall–Kier alpha value is -2.73. The van der Waals surface area contributed by atoms with Gasteiger partial charge in [-0.25, -0.2) is 13.4 Å². The molecule has 0 bridgehead atoms. The lowest BCUT2D eigenvalue weighted by atomic mass is 10.2. The number of likely N-dealkylation sites (N-methyl/N-ethyl adjacent to an activating group) is 1. The Balaban J connectivity index is 1.64. The molecule has 4 rings (SSSR count). The second-order valence-electron chi connectivity index (χ2n) is 7.55. The monoisotopic (exact) mass is 473 g/mol. The number of benzene rings is 2. The fourth-order valence-corrected chi connectivity index (χ4v) is 5.88. The zero-order chi connectivity index (χ0) is 22.9. The van der Waals surface area contributed by atoms with Crippen molar-refractivity contribution in [2.45, 2.75) is 14.9 Å². The molecule has 0 amide bonds. The molecule has 2 heterocycles. The summed E-state index contributed by atoms with van der Waals surface area (Å²) >= 11 is 1.13. The molecule has 0 atom stereocenters. The SMILES string of the molecule is CN1CCN(S(=O)(=O)c2ccc(Sc3ncc(-c4ccccc4)n3C)c([N+](=O)[O-])c2)CC1. The van der Waals surface area contributed by atoms with Gasteiger partial charge in [0.2, 0.25) is 10.0 Å². The van der Waals surface area contributed by atoms with Crippen LogP contribution in [-0.4, -0.2) is 65.3 Å². The number of rotatable bonds is 6. The molecule has 0 N–H and O–H groups in total. The highest BCUT2D eigenvalue weighted by molar-refractivity contribution is 7.99. The van der Waals surface area contributed by atoms with E-state index in [-0.39, 0.29) is 10.6 Å². The normalized spacial score (nSPS) is 15.7. The second-order valence-corrected chi connectivity index (χ2v) is 10.5. The van der Waals surface area contributed by atoms with Gasteiger partial charge in [0.15, 0.2) is 5.16 Å². The number of nitrogens with zero attached hydrogens (tertiary/aromatic N) is 5. The van der Waals surface area contributed by atoms with Crippen LogP contribution < -0.4 is 0 Å². The number of hydrogen-bond acceptors (Lipinski definition) is 7. The number of nitro groups is 1. The van der Waals surface area contributed by atoms with Crippen molar-refractivity contribution in [1.82, 2.24) is 18.8 Å². The van der Waals surface area contributed by atoms with Gasteiger partial charge in [0.1, 0.15) is 0 Å². The molecule has 1 saturated heterocycles. The lowest BCUT2D eigenvalue weighted by Gasteiger charge is -2.31. The molecule has 0 aliphatic carbocycles. The van der Waals surface area contributed by atoms with E-state index in [1.54, 1.807) is 6.20 Å². The Morgan fingerprint density at radius 2 is 1.72 bits per heavy atom. The molecule has 11 heteroatoms. The highest BCUT2D eigenvalue weighted by atomic mass is 32.2. The maximum absolute atomic E-state index is 13.0. The summed E-state index contributed by atoms with van der Waals surface area (Å²) in [7, 11) is -0.0239. The summed E-state index contributed by atoms with van der Waals surface area (Å²) in [5.41, 5.74) is 1.61. The average molecular weight is 474 g/mol. The van der Waals surface area contributed by atoms with Gasteiger partial charge in [-0.05, 0) is 36.5 Å². The zero-order valence-corrected chi connectivity index (χ0v) is 19.3.